The van der Waals surface area contributed by atoms with Gasteiger partial charge in [0.2, 0.25) is 0 Å². The van der Waals surface area contributed by atoms with Gasteiger partial charge in [-0.3, -0.25) is 0 Å². The minimum absolute atomic E-state index is 0.358. The zero-order chi connectivity index (χ0) is 16.1. The number of carbonyl (C=O) groups excluding carboxylic acids is 2. The number of anilines is 2. The first kappa shape index (κ1) is 16.0. The summed E-state index contributed by atoms with van der Waals surface area (Å²) >= 11 is 3.32. The second-order valence-electron chi connectivity index (χ2n) is 4.34. The van der Waals surface area contributed by atoms with Crippen molar-refractivity contribution in [2.75, 3.05) is 19.5 Å². The molecule has 2 aromatic carbocycles. The molecule has 0 spiro atoms. The Labute approximate surface area is 136 Å². The molecule has 0 saturated carbocycles. The summed E-state index contributed by atoms with van der Waals surface area (Å²) in [5, 5.41) is 3.08. The highest BCUT2D eigenvalue weighted by Crippen LogP contribution is 2.27. The van der Waals surface area contributed by atoms with Crippen molar-refractivity contribution in [3.05, 3.63) is 58.1 Å². The first-order chi connectivity index (χ1) is 10.6. The number of hydrogen-bond acceptors (Lipinski definition) is 5. The number of ether oxygens (including phenoxy) is 2. The molecule has 0 aliphatic heterocycles. The molecule has 0 radical (unpaired) electrons. The standard InChI is InChI=1S/C16H14BrNO4/c1-21-15(19)11-5-3-4-6-13(11)18-14-8-7-10(17)9-12(14)16(20)22-2/h3-9,18H,1-2H3. The van der Waals surface area contributed by atoms with Gasteiger partial charge in [0.1, 0.15) is 0 Å². The number of rotatable bonds is 4. The minimum Gasteiger partial charge on any atom is -0.465 e. The normalized spacial score (nSPS) is 9.95. The summed E-state index contributed by atoms with van der Waals surface area (Å²) in [5.41, 5.74) is 1.81. The highest BCUT2D eigenvalue weighted by Gasteiger charge is 2.16. The first-order valence-electron chi connectivity index (χ1n) is 6.39. The maximum absolute atomic E-state index is 11.9. The van der Waals surface area contributed by atoms with E-state index in [0.717, 1.165) is 4.47 Å². The van der Waals surface area contributed by atoms with Gasteiger partial charge in [-0.15, -0.1) is 0 Å². The third-order valence-electron chi connectivity index (χ3n) is 2.99. The largest absolute Gasteiger partial charge is 0.465 e. The lowest BCUT2D eigenvalue weighted by Crippen LogP contribution is -2.09. The number of esters is 2. The van der Waals surface area contributed by atoms with E-state index in [2.05, 4.69) is 21.2 Å². The number of halogens is 1. The van der Waals surface area contributed by atoms with Crippen LogP contribution in [0.3, 0.4) is 0 Å². The van der Waals surface area contributed by atoms with Crippen LogP contribution in [0.2, 0.25) is 0 Å². The lowest BCUT2D eigenvalue weighted by molar-refractivity contribution is 0.0593. The molecule has 0 bridgehead atoms. The highest BCUT2D eigenvalue weighted by molar-refractivity contribution is 9.10. The van der Waals surface area contributed by atoms with Crippen molar-refractivity contribution < 1.29 is 19.1 Å². The van der Waals surface area contributed by atoms with Crippen molar-refractivity contribution in [3.63, 3.8) is 0 Å². The van der Waals surface area contributed by atoms with Crippen LogP contribution in [-0.4, -0.2) is 26.2 Å². The summed E-state index contributed by atoms with van der Waals surface area (Å²) in [6.07, 6.45) is 0. The maximum Gasteiger partial charge on any atom is 0.340 e. The van der Waals surface area contributed by atoms with Crippen molar-refractivity contribution in [2.45, 2.75) is 0 Å². The smallest absolute Gasteiger partial charge is 0.340 e. The van der Waals surface area contributed by atoms with Crippen molar-refractivity contribution in [3.8, 4) is 0 Å². The topological polar surface area (TPSA) is 64.6 Å². The predicted molar refractivity (Wildman–Crippen MR) is 86.5 cm³/mol. The third-order valence-corrected chi connectivity index (χ3v) is 3.48. The molecule has 5 nitrogen and oxygen atoms in total. The molecule has 114 valence electrons. The Balaban J connectivity index is 2.44. The lowest BCUT2D eigenvalue weighted by atomic mass is 10.1. The molecule has 0 fully saturated rings. The van der Waals surface area contributed by atoms with E-state index in [9.17, 15) is 9.59 Å². The highest BCUT2D eigenvalue weighted by atomic mass is 79.9. The Morgan fingerprint density at radius 1 is 0.909 bits per heavy atom. The molecule has 0 aromatic heterocycles. The van der Waals surface area contributed by atoms with Crippen LogP contribution >= 0.6 is 15.9 Å². The Kier molecular flexibility index (Phi) is 5.16. The summed E-state index contributed by atoms with van der Waals surface area (Å²) < 4.78 is 10.3. The van der Waals surface area contributed by atoms with E-state index in [1.165, 1.54) is 14.2 Å². The number of hydrogen-bond donors (Lipinski definition) is 1. The second kappa shape index (κ2) is 7.09. The number of para-hydroxylation sites is 1. The summed E-state index contributed by atoms with van der Waals surface area (Å²) in [6.45, 7) is 0. The SMILES string of the molecule is COC(=O)c1ccccc1Nc1ccc(Br)cc1C(=O)OC. The maximum atomic E-state index is 11.9. The predicted octanol–water partition coefficient (Wildman–Crippen LogP) is 3.77. The Morgan fingerprint density at radius 2 is 1.50 bits per heavy atom. The van der Waals surface area contributed by atoms with Crippen molar-refractivity contribution in [1.82, 2.24) is 0 Å². The summed E-state index contributed by atoms with van der Waals surface area (Å²) in [5.74, 6) is -0.931. The van der Waals surface area contributed by atoms with Crippen LogP contribution in [0.1, 0.15) is 20.7 Å². The van der Waals surface area contributed by atoms with E-state index >= 15 is 0 Å². The monoisotopic (exact) mass is 363 g/mol. The molecule has 0 heterocycles. The van der Waals surface area contributed by atoms with Crippen LogP contribution < -0.4 is 5.32 Å². The second-order valence-corrected chi connectivity index (χ2v) is 5.26. The molecule has 2 aromatic rings. The van der Waals surface area contributed by atoms with Crippen LogP contribution in [-0.2, 0) is 9.47 Å². The first-order valence-corrected chi connectivity index (χ1v) is 7.18. The van der Waals surface area contributed by atoms with Gasteiger partial charge >= 0.3 is 11.9 Å². The fourth-order valence-corrected chi connectivity index (χ4v) is 2.29. The van der Waals surface area contributed by atoms with E-state index in [0.29, 0.717) is 22.5 Å². The van der Waals surface area contributed by atoms with Gasteiger partial charge in [-0.1, -0.05) is 28.1 Å². The summed E-state index contributed by atoms with van der Waals surface area (Å²) in [6, 6.07) is 12.1. The van der Waals surface area contributed by atoms with Crippen LogP contribution in [0.5, 0.6) is 0 Å². The van der Waals surface area contributed by atoms with E-state index < -0.39 is 11.9 Å². The average molecular weight is 364 g/mol. The fraction of sp³-hybridized carbons (Fsp3) is 0.125. The van der Waals surface area contributed by atoms with E-state index in [1.807, 2.05) is 0 Å². The van der Waals surface area contributed by atoms with E-state index in [4.69, 9.17) is 9.47 Å². The number of benzene rings is 2. The molecule has 6 heteroatoms. The van der Waals surface area contributed by atoms with Crippen LogP contribution in [0.15, 0.2) is 46.9 Å². The van der Waals surface area contributed by atoms with Gasteiger partial charge in [0.05, 0.1) is 36.7 Å². The van der Waals surface area contributed by atoms with Gasteiger partial charge in [-0.05, 0) is 30.3 Å². The number of carbonyl (C=O) groups is 2. The summed E-state index contributed by atoms with van der Waals surface area (Å²) in [4.78, 5) is 23.7. The van der Waals surface area contributed by atoms with Crippen LogP contribution in [0, 0.1) is 0 Å². The van der Waals surface area contributed by atoms with Gasteiger partial charge in [0.15, 0.2) is 0 Å². The van der Waals surface area contributed by atoms with E-state index in [-0.39, 0.29) is 0 Å². The molecule has 2 rings (SSSR count). The van der Waals surface area contributed by atoms with Crippen LogP contribution in [0.25, 0.3) is 0 Å². The van der Waals surface area contributed by atoms with Crippen molar-refractivity contribution in [2.24, 2.45) is 0 Å². The lowest BCUT2D eigenvalue weighted by Gasteiger charge is -2.13. The molecule has 0 unspecified atom stereocenters. The van der Waals surface area contributed by atoms with Gasteiger partial charge < -0.3 is 14.8 Å². The quantitative estimate of drug-likeness (QED) is 0.837. The molecule has 0 saturated heterocycles. The van der Waals surface area contributed by atoms with Gasteiger partial charge in [0, 0.05) is 4.47 Å². The van der Waals surface area contributed by atoms with Gasteiger partial charge in [-0.2, -0.15) is 0 Å². The Hall–Kier alpha value is -2.34. The van der Waals surface area contributed by atoms with E-state index in [1.54, 1.807) is 42.5 Å². The summed E-state index contributed by atoms with van der Waals surface area (Å²) in [7, 11) is 2.63. The Bertz CT molecular complexity index is 715. The van der Waals surface area contributed by atoms with Gasteiger partial charge in [-0.25, -0.2) is 9.59 Å². The zero-order valence-corrected chi connectivity index (χ0v) is 13.6. The third kappa shape index (κ3) is 3.46. The fourth-order valence-electron chi connectivity index (χ4n) is 1.93. The minimum atomic E-state index is -0.473. The Morgan fingerprint density at radius 3 is 2.18 bits per heavy atom. The number of methoxy groups -OCH3 is 2. The molecule has 0 atom stereocenters. The molecule has 0 aliphatic rings. The molecule has 0 amide bonds. The average Bonchev–Trinajstić information content (AvgIpc) is 2.55. The van der Waals surface area contributed by atoms with Gasteiger partial charge in [0.25, 0.3) is 0 Å². The molecule has 1 N–H and O–H groups in total. The van der Waals surface area contributed by atoms with Crippen molar-refractivity contribution in [1.29, 1.82) is 0 Å². The van der Waals surface area contributed by atoms with Crippen molar-refractivity contribution >= 4 is 39.2 Å². The number of nitrogens with one attached hydrogen (secondary N) is 1. The molecular formula is C16H14BrNO4. The molecule has 0 aliphatic carbocycles. The molecular weight excluding hydrogens is 350 g/mol. The molecule has 22 heavy (non-hydrogen) atoms. The zero-order valence-electron chi connectivity index (χ0n) is 12.1. The van der Waals surface area contributed by atoms with Crippen LogP contribution in [0.4, 0.5) is 11.4 Å².